The first-order valence-electron chi connectivity index (χ1n) is 5.64. The summed E-state index contributed by atoms with van der Waals surface area (Å²) in [5, 5.41) is 21.9. The van der Waals surface area contributed by atoms with E-state index in [4.69, 9.17) is 0 Å². The van der Waals surface area contributed by atoms with Crippen molar-refractivity contribution >= 4 is 0 Å². The summed E-state index contributed by atoms with van der Waals surface area (Å²) in [5.74, 6) is 0. The SMILES string of the molecule is O=[N+]([O-])N(N1CCNCC1)N1CCNCC1. The van der Waals surface area contributed by atoms with Crippen LogP contribution in [0.4, 0.5) is 0 Å². The maximum atomic E-state index is 11.1. The van der Waals surface area contributed by atoms with Gasteiger partial charge in [-0.15, -0.1) is 10.0 Å². The fourth-order valence-electron chi connectivity index (χ4n) is 2.05. The lowest BCUT2D eigenvalue weighted by Gasteiger charge is -2.38. The van der Waals surface area contributed by atoms with Gasteiger partial charge in [-0.25, -0.2) is 10.1 Å². The van der Waals surface area contributed by atoms with Crippen LogP contribution in [-0.2, 0) is 0 Å². The average molecular weight is 230 g/mol. The molecule has 0 amide bonds. The van der Waals surface area contributed by atoms with E-state index in [0.29, 0.717) is 26.2 Å². The molecule has 0 saturated carbocycles. The van der Waals surface area contributed by atoms with Gasteiger partial charge in [-0.1, -0.05) is 0 Å². The molecule has 2 aliphatic rings. The Morgan fingerprint density at radius 3 is 1.62 bits per heavy atom. The molecule has 0 aromatic carbocycles. The van der Waals surface area contributed by atoms with Crippen LogP contribution < -0.4 is 10.6 Å². The predicted octanol–water partition coefficient (Wildman–Crippen LogP) is -1.88. The third-order valence-electron chi connectivity index (χ3n) is 2.84. The Balaban J connectivity index is 1.99. The van der Waals surface area contributed by atoms with E-state index in [2.05, 4.69) is 10.6 Å². The zero-order valence-electron chi connectivity index (χ0n) is 9.26. The number of rotatable bonds is 3. The minimum absolute atomic E-state index is 0.323. The first kappa shape index (κ1) is 11.5. The maximum Gasteiger partial charge on any atom is 0.193 e. The Morgan fingerprint density at radius 2 is 1.31 bits per heavy atom. The van der Waals surface area contributed by atoms with Crippen molar-refractivity contribution in [3.05, 3.63) is 10.1 Å². The molecule has 0 spiro atoms. The molecule has 8 nitrogen and oxygen atoms in total. The first-order valence-corrected chi connectivity index (χ1v) is 5.64. The number of hydrazine groups is 3. The lowest BCUT2D eigenvalue weighted by molar-refractivity contribution is -0.745. The summed E-state index contributed by atoms with van der Waals surface area (Å²) in [6, 6.07) is 0. The topological polar surface area (TPSA) is 76.9 Å². The molecule has 0 bridgehead atoms. The minimum atomic E-state index is -0.323. The smallest absolute Gasteiger partial charge is 0.193 e. The van der Waals surface area contributed by atoms with Gasteiger partial charge in [-0.3, -0.25) is 0 Å². The molecule has 2 rings (SSSR count). The normalized spacial score (nSPS) is 24.2. The van der Waals surface area contributed by atoms with Crippen LogP contribution in [0, 0.1) is 10.1 Å². The van der Waals surface area contributed by atoms with E-state index in [1.54, 1.807) is 10.0 Å². The number of hydrogen-bond donors (Lipinski definition) is 2. The molecule has 0 aliphatic carbocycles. The van der Waals surface area contributed by atoms with Gasteiger partial charge in [-0.05, 0) is 0 Å². The van der Waals surface area contributed by atoms with Gasteiger partial charge >= 0.3 is 0 Å². The standard InChI is InChI=1S/C8H18N6O2/c15-14(16)13(11-5-1-9-2-6-11)12-7-3-10-4-8-12/h9-10H,1-8H2. The average Bonchev–Trinajstić information content (AvgIpc) is 2.31. The second-order valence-corrected chi connectivity index (χ2v) is 3.91. The summed E-state index contributed by atoms with van der Waals surface area (Å²) in [4.78, 5) is 11.1. The van der Waals surface area contributed by atoms with Gasteiger partial charge in [0.15, 0.2) is 5.03 Å². The van der Waals surface area contributed by atoms with Crippen molar-refractivity contribution in [1.82, 2.24) is 25.9 Å². The van der Waals surface area contributed by atoms with Gasteiger partial charge in [0, 0.05) is 57.6 Å². The summed E-state index contributed by atoms with van der Waals surface area (Å²) in [6.45, 7) is 5.95. The van der Waals surface area contributed by atoms with Crippen LogP contribution in [0.3, 0.4) is 0 Å². The number of nitrogens with one attached hydrogen (secondary N) is 2. The molecule has 2 heterocycles. The van der Waals surface area contributed by atoms with Crippen molar-refractivity contribution in [3.63, 3.8) is 0 Å². The molecule has 2 fully saturated rings. The van der Waals surface area contributed by atoms with Crippen LogP contribution in [0.2, 0.25) is 0 Å². The van der Waals surface area contributed by atoms with Crippen LogP contribution >= 0.6 is 0 Å². The molecule has 2 aliphatic heterocycles. The van der Waals surface area contributed by atoms with Crippen LogP contribution in [0.15, 0.2) is 0 Å². The van der Waals surface area contributed by atoms with E-state index in [-0.39, 0.29) is 5.03 Å². The van der Waals surface area contributed by atoms with Crippen LogP contribution in [0.1, 0.15) is 0 Å². The van der Waals surface area contributed by atoms with Crippen molar-refractivity contribution in [3.8, 4) is 0 Å². The third kappa shape index (κ3) is 2.59. The molecular weight excluding hydrogens is 212 g/mol. The fourth-order valence-corrected chi connectivity index (χ4v) is 2.05. The van der Waals surface area contributed by atoms with Gasteiger partial charge in [-0.2, -0.15) is 0 Å². The minimum Gasteiger partial charge on any atom is -0.314 e. The molecule has 8 heteroatoms. The number of nitrogens with zero attached hydrogens (tertiary/aromatic N) is 4. The molecule has 0 unspecified atom stereocenters. The van der Waals surface area contributed by atoms with Crippen molar-refractivity contribution < 1.29 is 5.03 Å². The monoisotopic (exact) mass is 230 g/mol. The van der Waals surface area contributed by atoms with Gasteiger partial charge in [0.25, 0.3) is 0 Å². The van der Waals surface area contributed by atoms with E-state index in [9.17, 15) is 10.1 Å². The Bertz CT molecular complexity index is 221. The Hall–Kier alpha value is -0.960. The van der Waals surface area contributed by atoms with E-state index < -0.39 is 0 Å². The molecule has 0 aromatic rings. The van der Waals surface area contributed by atoms with Crippen LogP contribution in [0.25, 0.3) is 0 Å². The lowest BCUT2D eigenvalue weighted by Crippen LogP contribution is -2.63. The van der Waals surface area contributed by atoms with Gasteiger partial charge in [0.05, 0.1) is 0 Å². The van der Waals surface area contributed by atoms with E-state index in [0.717, 1.165) is 26.2 Å². The summed E-state index contributed by atoms with van der Waals surface area (Å²) in [7, 11) is 0. The zero-order valence-corrected chi connectivity index (χ0v) is 9.26. The molecule has 0 radical (unpaired) electrons. The maximum absolute atomic E-state index is 11.1. The quantitative estimate of drug-likeness (QED) is 0.434. The van der Waals surface area contributed by atoms with Crippen molar-refractivity contribution in [2.75, 3.05) is 52.4 Å². The molecule has 16 heavy (non-hydrogen) atoms. The second-order valence-electron chi connectivity index (χ2n) is 3.91. The molecule has 0 atom stereocenters. The van der Waals surface area contributed by atoms with Crippen molar-refractivity contribution in [2.24, 2.45) is 0 Å². The Labute approximate surface area is 94.2 Å². The zero-order chi connectivity index (χ0) is 11.4. The number of piperazine rings is 2. The largest absolute Gasteiger partial charge is 0.314 e. The molecule has 92 valence electrons. The van der Waals surface area contributed by atoms with Crippen molar-refractivity contribution in [2.45, 2.75) is 0 Å². The Kier molecular flexibility index (Phi) is 3.88. The van der Waals surface area contributed by atoms with Crippen molar-refractivity contribution in [1.29, 1.82) is 0 Å². The Morgan fingerprint density at radius 1 is 0.938 bits per heavy atom. The summed E-state index contributed by atoms with van der Waals surface area (Å²) >= 11 is 0. The first-order chi connectivity index (χ1) is 7.79. The highest BCUT2D eigenvalue weighted by Gasteiger charge is 2.32. The highest BCUT2D eigenvalue weighted by molar-refractivity contribution is 4.67. The molecule has 2 N–H and O–H groups in total. The van der Waals surface area contributed by atoms with Crippen LogP contribution in [-0.4, -0.2) is 72.6 Å². The summed E-state index contributed by atoms with van der Waals surface area (Å²) in [6.07, 6.45) is 0. The number of nitro groups is 1. The molecule has 0 aromatic heterocycles. The third-order valence-corrected chi connectivity index (χ3v) is 2.84. The van der Waals surface area contributed by atoms with Gasteiger partial charge < -0.3 is 10.6 Å². The van der Waals surface area contributed by atoms with E-state index in [1.807, 2.05) is 0 Å². The molecule has 2 saturated heterocycles. The van der Waals surface area contributed by atoms with Crippen LogP contribution in [0.5, 0.6) is 0 Å². The summed E-state index contributed by atoms with van der Waals surface area (Å²) < 4.78 is 0. The number of hydrogen-bond acceptors (Lipinski definition) is 6. The van der Waals surface area contributed by atoms with Gasteiger partial charge in [0.1, 0.15) is 0 Å². The van der Waals surface area contributed by atoms with Gasteiger partial charge in [0.2, 0.25) is 0 Å². The fraction of sp³-hybridized carbons (Fsp3) is 1.00. The highest BCUT2D eigenvalue weighted by Crippen LogP contribution is 2.07. The predicted molar refractivity (Wildman–Crippen MR) is 57.7 cm³/mol. The lowest BCUT2D eigenvalue weighted by atomic mass is 10.4. The highest BCUT2D eigenvalue weighted by atomic mass is 16.7. The second kappa shape index (κ2) is 5.39. The van der Waals surface area contributed by atoms with E-state index in [1.165, 1.54) is 5.23 Å². The van der Waals surface area contributed by atoms with E-state index >= 15 is 0 Å². The summed E-state index contributed by atoms with van der Waals surface area (Å²) in [5.41, 5.74) is 0. The molecular formula is C8H18N6O2.